The van der Waals surface area contributed by atoms with Crippen LogP contribution in [0, 0.1) is 0 Å². The Balaban J connectivity index is 1.88. The molecule has 0 bridgehead atoms. The predicted molar refractivity (Wildman–Crippen MR) is 113 cm³/mol. The first-order valence-electron chi connectivity index (χ1n) is 9.57. The van der Waals surface area contributed by atoms with Crippen molar-refractivity contribution in [3.63, 3.8) is 0 Å². The molecule has 3 aromatic rings. The molecular formula is C22H24ClN3O3. The zero-order chi connectivity index (χ0) is 20.4. The van der Waals surface area contributed by atoms with E-state index < -0.39 is 5.60 Å². The molecular weight excluding hydrogens is 390 g/mol. The Morgan fingerprint density at radius 2 is 1.52 bits per heavy atom. The van der Waals surface area contributed by atoms with Gasteiger partial charge in [-0.2, -0.15) is 5.10 Å². The Kier molecular flexibility index (Phi) is 5.50. The molecule has 6 nitrogen and oxygen atoms in total. The smallest absolute Gasteiger partial charge is 0.119 e. The molecule has 1 fully saturated rings. The monoisotopic (exact) mass is 413 g/mol. The molecule has 2 heterocycles. The summed E-state index contributed by atoms with van der Waals surface area (Å²) in [6.45, 7) is 1.44. The van der Waals surface area contributed by atoms with Gasteiger partial charge in [0.25, 0.3) is 0 Å². The van der Waals surface area contributed by atoms with Crippen LogP contribution in [0.5, 0.6) is 11.5 Å². The number of nitrogens with zero attached hydrogens (tertiary/aromatic N) is 2. The molecule has 1 aliphatic heterocycles. The third kappa shape index (κ3) is 3.71. The van der Waals surface area contributed by atoms with Crippen LogP contribution in [0.3, 0.4) is 0 Å². The van der Waals surface area contributed by atoms with Gasteiger partial charge in [0.2, 0.25) is 0 Å². The molecule has 152 valence electrons. The number of benzene rings is 2. The number of aromatic nitrogens is 2. The molecule has 2 N–H and O–H groups in total. The fourth-order valence-corrected chi connectivity index (χ4v) is 4.08. The van der Waals surface area contributed by atoms with E-state index in [1.54, 1.807) is 18.9 Å². The summed E-state index contributed by atoms with van der Waals surface area (Å²) in [5.74, 6) is 1.52. The zero-order valence-corrected chi connectivity index (χ0v) is 17.2. The van der Waals surface area contributed by atoms with E-state index in [2.05, 4.69) is 5.32 Å². The van der Waals surface area contributed by atoms with Crippen molar-refractivity contribution in [1.82, 2.24) is 15.1 Å². The van der Waals surface area contributed by atoms with Crippen LogP contribution < -0.4 is 14.8 Å². The topological polar surface area (TPSA) is 68.5 Å². The maximum atomic E-state index is 11.3. The van der Waals surface area contributed by atoms with E-state index in [1.165, 1.54) is 0 Å². The molecule has 0 unspecified atom stereocenters. The van der Waals surface area contributed by atoms with Crippen LogP contribution in [0.2, 0.25) is 5.02 Å². The fraction of sp³-hybridized carbons (Fsp3) is 0.318. The lowest BCUT2D eigenvalue weighted by Gasteiger charge is -2.31. The fourth-order valence-electron chi connectivity index (χ4n) is 3.68. The van der Waals surface area contributed by atoms with E-state index in [9.17, 15) is 5.11 Å². The van der Waals surface area contributed by atoms with Gasteiger partial charge < -0.3 is 19.9 Å². The number of hydrogen-bond donors (Lipinski definition) is 2. The minimum absolute atomic E-state index is 0.468. The van der Waals surface area contributed by atoms with Crippen LogP contribution in [-0.2, 0) is 5.60 Å². The third-order valence-electron chi connectivity index (χ3n) is 5.38. The van der Waals surface area contributed by atoms with Crippen LogP contribution in [0.1, 0.15) is 18.5 Å². The van der Waals surface area contributed by atoms with Crippen molar-refractivity contribution < 1.29 is 14.6 Å². The molecule has 0 atom stereocenters. The Hall–Kier alpha value is -2.54. The molecule has 29 heavy (non-hydrogen) atoms. The summed E-state index contributed by atoms with van der Waals surface area (Å²) in [5.41, 5.74) is 1.93. The van der Waals surface area contributed by atoms with E-state index in [0.29, 0.717) is 23.6 Å². The quantitative estimate of drug-likeness (QED) is 0.666. The summed E-state index contributed by atoms with van der Waals surface area (Å²) in [4.78, 5) is 0. The summed E-state index contributed by atoms with van der Waals surface area (Å²) in [7, 11) is 3.27. The highest BCUT2D eigenvalue weighted by molar-refractivity contribution is 6.34. The van der Waals surface area contributed by atoms with Crippen molar-refractivity contribution in [2.45, 2.75) is 18.4 Å². The standard InChI is InChI=1S/C22H24ClN3O3/c1-28-17-7-3-15(4-8-17)20-19(23)21(22(27)11-13-24-14-12-22)25-26(20)16-5-9-18(29-2)10-6-16/h3-10,24,27H,11-14H2,1-2H3. The molecule has 0 aliphatic carbocycles. The average molecular weight is 414 g/mol. The van der Waals surface area contributed by atoms with E-state index in [0.717, 1.165) is 41.5 Å². The summed E-state index contributed by atoms with van der Waals surface area (Å²) < 4.78 is 12.3. The third-order valence-corrected chi connectivity index (χ3v) is 5.74. The number of hydrogen-bond acceptors (Lipinski definition) is 5. The van der Waals surface area contributed by atoms with E-state index >= 15 is 0 Å². The lowest BCUT2D eigenvalue weighted by Crippen LogP contribution is -2.40. The van der Waals surface area contributed by atoms with Crippen molar-refractivity contribution >= 4 is 11.6 Å². The van der Waals surface area contributed by atoms with Gasteiger partial charge in [-0.3, -0.25) is 0 Å². The van der Waals surface area contributed by atoms with E-state index in [4.69, 9.17) is 26.2 Å². The number of piperidine rings is 1. The molecule has 4 rings (SSSR count). The van der Waals surface area contributed by atoms with Crippen LogP contribution >= 0.6 is 11.6 Å². The number of ether oxygens (including phenoxy) is 2. The molecule has 1 aliphatic rings. The largest absolute Gasteiger partial charge is 0.497 e. The molecule has 0 amide bonds. The zero-order valence-electron chi connectivity index (χ0n) is 16.5. The normalized spacial score (nSPS) is 15.9. The molecule has 0 spiro atoms. The summed E-state index contributed by atoms with van der Waals surface area (Å²) in [5, 5.41) is 19.8. The highest BCUT2D eigenvalue weighted by Gasteiger charge is 2.38. The van der Waals surface area contributed by atoms with Gasteiger partial charge in [-0.05, 0) is 74.5 Å². The van der Waals surface area contributed by atoms with Crippen molar-refractivity contribution in [3.8, 4) is 28.4 Å². The van der Waals surface area contributed by atoms with Crippen LogP contribution in [0.25, 0.3) is 16.9 Å². The molecule has 1 aromatic heterocycles. The maximum Gasteiger partial charge on any atom is 0.119 e. The van der Waals surface area contributed by atoms with Gasteiger partial charge in [0.15, 0.2) is 0 Å². The summed E-state index contributed by atoms with van der Waals surface area (Å²) in [6, 6.07) is 15.3. The number of halogens is 1. The molecule has 1 saturated heterocycles. The summed E-state index contributed by atoms with van der Waals surface area (Å²) in [6.07, 6.45) is 1.13. The molecule has 0 radical (unpaired) electrons. The SMILES string of the molecule is COc1ccc(-c2c(Cl)c(C3(O)CCNCC3)nn2-c2ccc(OC)cc2)cc1. The Bertz CT molecular complexity index is 978. The van der Waals surface area contributed by atoms with Gasteiger partial charge in [-0.25, -0.2) is 4.68 Å². The predicted octanol–water partition coefficient (Wildman–Crippen LogP) is 3.78. The second-order valence-corrected chi connectivity index (χ2v) is 7.51. The van der Waals surface area contributed by atoms with Crippen molar-refractivity contribution in [2.75, 3.05) is 27.3 Å². The van der Waals surface area contributed by atoms with Gasteiger partial charge in [0, 0.05) is 5.56 Å². The number of methoxy groups -OCH3 is 2. The van der Waals surface area contributed by atoms with Crippen LogP contribution in [0.4, 0.5) is 0 Å². The van der Waals surface area contributed by atoms with Crippen LogP contribution in [0.15, 0.2) is 48.5 Å². The molecule has 2 aromatic carbocycles. The minimum Gasteiger partial charge on any atom is -0.497 e. The van der Waals surface area contributed by atoms with Crippen molar-refractivity contribution in [2.24, 2.45) is 0 Å². The first-order chi connectivity index (χ1) is 14.1. The van der Waals surface area contributed by atoms with Gasteiger partial charge in [-0.15, -0.1) is 0 Å². The van der Waals surface area contributed by atoms with Crippen LogP contribution in [-0.4, -0.2) is 42.2 Å². The maximum absolute atomic E-state index is 11.3. The lowest BCUT2D eigenvalue weighted by atomic mass is 9.89. The van der Waals surface area contributed by atoms with Gasteiger partial charge in [0.05, 0.1) is 30.6 Å². The highest BCUT2D eigenvalue weighted by atomic mass is 35.5. The Morgan fingerprint density at radius 1 is 0.966 bits per heavy atom. The first-order valence-corrected chi connectivity index (χ1v) is 9.94. The highest BCUT2D eigenvalue weighted by Crippen LogP contribution is 2.41. The number of rotatable bonds is 5. The van der Waals surface area contributed by atoms with Gasteiger partial charge in [0.1, 0.15) is 22.8 Å². The van der Waals surface area contributed by atoms with E-state index in [-0.39, 0.29) is 0 Å². The Labute approximate surface area is 175 Å². The number of aliphatic hydroxyl groups is 1. The summed E-state index contributed by atoms with van der Waals surface area (Å²) >= 11 is 6.85. The number of nitrogens with one attached hydrogen (secondary N) is 1. The van der Waals surface area contributed by atoms with Gasteiger partial charge >= 0.3 is 0 Å². The average Bonchev–Trinajstić information content (AvgIpc) is 3.12. The van der Waals surface area contributed by atoms with Crippen molar-refractivity contribution in [3.05, 3.63) is 59.2 Å². The van der Waals surface area contributed by atoms with Gasteiger partial charge in [-0.1, -0.05) is 11.6 Å². The molecule has 0 saturated carbocycles. The first kappa shape index (κ1) is 19.8. The van der Waals surface area contributed by atoms with Crippen molar-refractivity contribution in [1.29, 1.82) is 0 Å². The Morgan fingerprint density at radius 3 is 2.07 bits per heavy atom. The second kappa shape index (κ2) is 8.06. The second-order valence-electron chi connectivity index (χ2n) is 7.13. The lowest BCUT2D eigenvalue weighted by molar-refractivity contribution is 0.00168. The minimum atomic E-state index is -1.05. The molecule has 7 heteroatoms. The van der Waals surface area contributed by atoms with E-state index in [1.807, 2.05) is 48.5 Å².